The topological polar surface area (TPSA) is 109 Å². The highest BCUT2D eigenvalue weighted by molar-refractivity contribution is 14.2. The van der Waals surface area contributed by atoms with Crippen LogP contribution in [0, 0.1) is 3.56 Å². The van der Waals surface area contributed by atoms with Crippen molar-refractivity contribution in [3.05, 3.63) is 29.8 Å². The Balaban J connectivity index is 2.69. The fourth-order valence-electron chi connectivity index (χ4n) is 1.76. The Morgan fingerprint density at radius 2 is 1.88 bits per heavy atom. The molecule has 0 atom stereocenters. The van der Waals surface area contributed by atoms with Gasteiger partial charge in [-0.3, -0.25) is 13.3 Å². The first-order valence-corrected chi connectivity index (χ1v) is 10.8. The standard InChI is InChI=1S/C15H22IN3O4S/c1-15(2,3)23-13(20)9-10-19-24(21,22)12-7-5-11(6-8-12)14(16-17)18-4/h5-8,17,19H,9-10H2,1-4H3. The van der Waals surface area contributed by atoms with E-state index in [1.54, 1.807) is 40.0 Å². The molecule has 0 spiro atoms. The van der Waals surface area contributed by atoms with Gasteiger partial charge in [-0.15, -0.1) is 0 Å². The van der Waals surface area contributed by atoms with Gasteiger partial charge < -0.3 is 4.74 Å². The van der Waals surface area contributed by atoms with Gasteiger partial charge in [0, 0.05) is 40.2 Å². The van der Waals surface area contributed by atoms with Gasteiger partial charge >= 0.3 is 5.97 Å². The maximum Gasteiger partial charge on any atom is 0.307 e. The second kappa shape index (κ2) is 8.77. The first kappa shape index (κ1) is 20.8. The third kappa shape index (κ3) is 6.73. The first-order valence-electron chi connectivity index (χ1n) is 7.18. The van der Waals surface area contributed by atoms with Crippen LogP contribution in [0.3, 0.4) is 0 Å². The van der Waals surface area contributed by atoms with Crippen molar-refractivity contribution in [3.63, 3.8) is 0 Å². The summed E-state index contributed by atoms with van der Waals surface area (Å²) in [4.78, 5) is 15.7. The number of sulfonamides is 1. The normalized spacial score (nSPS) is 12.9. The summed E-state index contributed by atoms with van der Waals surface area (Å²) in [6.07, 6.45) is -0.0372. The van der Waals surface area contributed by atoms with Gasteiger partial charge in [0.25, 0.3) is 0 Å². The maximum atomic E-state index is 12.2. The Bertz CT molecular complexity index is 722. The minimum atomic E-state index is -3.69. The summed E-state index contributed by atoms with van der Waals surface area (Å²) in [5.74, 6) is -0.455. The molecule has 0 saturated heterocycles. The van der Waals surface area contributed by atoms with Crippen LogP contribution in [-0.4, -0.2) is 37.3 Å². The third-order valence-corrected chi connectivity index (χ3v) is 5.82. The zero-order valence-corrected chi connectivity index (χ0v) is 17.1. The molecule has 0 amide bonds. The Morgan fingerprint density at radius 3 is 2.33 bits per heavy atom. The number of nitrogens with one attached hydrogen (secondary N) is 2. The summed E-state index contributed by atoms with van der Waals surface area (Å²) < 4.78 is 40.1. The van der Waals surface area contributed by atoms with E-state index < -0.39 is 42.6 Å². The fraction of sp³-hybridized carbons (Fsp3) is 0.467. The Kier molecular flexibility index (Phi) is 7.61. The molecule has 9 heteroatoms. The van der Waals surface area contributed by atoms with Gasteiger partial charge in [0.05, 0.1) is 11.3 Å². The van der Waals surface area contributed by atoms with Gasteiger partial charge in [-0.2, -0.15) is 0 Å². The van der Waals surface area contributed by atoms with Gasteiger partial charge in [-0.1, -0.05) is 12.1 Å². The summed E-state index contributed by atoms with van der Waals surface area (Å²) >= 11 is -0.922. The molecule has 0 bridgehead atoms. The van der Waals surface area contributed by atoms with Crippen molar-refractivity contribution in [1.29, 1.82) is 3.56 Å². The molecule has 134 valence electrons. The lowest BCUT2D eigenvalue weighted by Crippen LogP contribution is -2.29. The Labute approximate surface area is 152 Å². The average molecular weight is 467 g/mol. The van der Waals surface area contributed by atoms with Crippen molar-refractivity contribution < 1.29 is 17.9 Å². The van der Waals surface area contributed by atoms with E-state index in [1.807, 2.05) is 0 Å². The predicted molar refractivity (Wildman–Crippen MR) is 101 cm³/mol. The summed E-state index contributed by atoms with van der Waals surface area (Å²) in [5.41, 5.74) is 0.165. The molecule has 1 rings (SSSR count). The van der Waals surface area contributed by atoms with Gasteiger partial charge in [0.2, 0.25) is 10.0 Å². The number of nitrogens with zero attached hydrogens (tertiary/aromatic N) is 1. The van der Waals surface area contributed by atoms with E-state index in [0.29, 0.717) is 3.72 Å². The molecule has 2 N–H and O–H groups in total. The predicted octanol–water partition coefficient (Wildman–Crippen LogP) is 2.81. The molecular formula is C15H22IN3O4S. The third-order valence-electron chi connectivity index (χ3n) is 2.73. The lowest BCUT2D eigenvalue weighted by atomic mass is 10.2. The monoisotopic (exact) mass is 467 g/mol. The zero-order chi connectivity index (χ0) is 18.4. The molecular weight excluding hydrogens is 445 g/mol. The van der Waals surface area contributed by atoms with Crippen LogP contribution in [0.15, 0.2) is 34.2 Å². The van der Waals surface area contributed by atoms with E-state index in [2.05, 4.69) is 9.71 Å². The summed E-state index contributed by atoms with van der Waals surface area (Å²) in [5, 5.41) is 0. The number of aliphatic imine (C=N–C) groups is 1. The molecule has 1 aromatic carbocycles. The van der Waals surface area contributed by atoms with Gasteiger partial charge in [-0.25, -0.2) is 13.1 Å². The van der Waals surface area contributed by atoms with Crippen molar-refractivity contribution in [1.82, 2.24) is 4.72 Å². The molecule has 0 aliphatic heterocycles. The van der Waals surface area contributed by atoms with Gasteiger partial charge in [0.15, 0.2) is 0 Å². The van der Waals surface area contributed by atoms with E-state index in [9.17, 15) is 13.2 Å². The summed E-state index contributed by atoms with van der Waals surface area (Å²) in [6.45, 7) is 5.23. The van der Waals surface area contributed by atoms with E-state index in [4.69, 9.17) is 8.30 Å². The van der Waals surface area contributed by atoms with Crippen molar-refractivity contribution in [3.8, 4) is 0 Å². The number of hydrogen-bond acceptors (Lipinski definition) is 6. The van der Waals surface area contributed by atoms with Crippen molar-refractivity contribution in [2.24, 2.45) is 4.99 Å². The van der Waals surface area contributed by atoms with E-state index in [1.165, 1.54) is 12.1 Å². The number of esters is 1. The number of halogens is 1. The van der Waals surface area contributed by atoms with E-state index >= 15 is 0 Å². The molecule has 1 aromatic rings. The highest BCUT2D eigenvalue weighted by Gasteiger charge is 2.18. The quantitative estimate of drug-likeness (QED) is 0.365. The zero-order valence-electron chi connectivity index (χ0n) is 14.1. The van der Waals surface area contributed by atoms with E-state index in [-0.39, 0.29) is 17.9 Å². The minimum absolute atomic E-state index is 0.0289. The molecule has 0 aliphatic rings. The largest absolute Gasteiger partial charge is 0.460 e. The van der Waals surface area contributed by atoms with Crippen LogP contribution in [0.1, 0.15) is 32.8 Å². The molecule has 0 aliphatic carbocycles. The van der Waals surface area contributed by atoms with E-state index in [0.717, 1.165) is 5.56 Å². The van der Waals surface area contributed by atoms with Crippen molar-refractivity contribution in [2.45, 2.75) is 37.7 Å². The van der Waals surface area contributed by atoms with Crippen LogP contribution in [0.2, 0.25) is 0 Å². The average Bonchev–Trinajstić information content (AvgIpc) is 2.47. The maximum absolute atomic E-state index is 12.2. The number of carbonyl (C=O) groups excluding carboxylic acids is 1. The van der Waals surface area contributed by atoms with Crippen LogP contribution in [0.5, 0.6) is 0 Å². The van der Waals surface area contributed by atoms with Gasteiger partial charge in [-0.05, 0) is 32.9 Å². The minimum Gasteiger partial charge on any atom is -0.460 e. The molecule has 7 nitrogen and oxygen atoms in total. The Hall–Kier alpha value is -1.20. The highest BCUT2D eigenvalue weighted by Crippen LogP contribution is 2.16. The molecule has 0 unspecified atom stereocenters. The fourth-order valence-corrected chi connectivity index (χ4v) is 3.70. The van der Waals surface area contributed by atoms with Crippen LogP contribution < -0.4 is 4.72 Å². The number of rotatable bonds is 7. The second-order valence-electron chi connectivity index (χ2n) is 5.87. The molecule has 0 fully saturated rings. The Morgan fingerprint density at radius 1 is 1.29 bits per heavy atom. The molecule has 0 saturated carbocycles. The lowest BCUT2D eigenvalue weighted by molar-refractivity contribution is -0.154. The lowest BCUT2D eigenvalue weighted by Gasteiger charge is -2.19. The van der Waals surface area contributed by atoms with Crippen LogP contribution in [0.25, 0.3) is 0 Å². The first-order chi connectivity index (χ1) is 11.1. The van der Waals surface area contributed by atoms with Crippen molar-refractivity contribution >= 4 is 40.7 Å². The molecule has 0 radical (unpaired) electrons. The number of ether oxygens (including phenoxy) is 1. The number of hydrogen-bond donors (Lipinski definition) is 2. The molecule has 24 heavy (non-hydrogen) atoms. The van der Waals surface area contributed by atoms with Crippen LogP contribution >= 0.6 is 21.0 Å². The van der Waals surface area contributed by atoms with Crippen LogP contribution in [0.4, 0.5) is 0 Å². The van der Waals surface area contributed by atoms with Crippen molar-refractivity contribution in [2.75, 3.05) is 13.6 Å². The molecule has 0 aromatic heterocycles. The second-order valence-corrected chi connectivity index (χ2v) is 9.20. The number of carbonyl (C=O) groups is 1. The van der Waals surface area contributed by atoms with Crippen LogP contribution in [-0.2, 0) is 19.6 Å². The van der Waals surface area contributed by atoms with Gasteiger partial charge in [0.1, 0.15) is 9.32 Å². The number of benzene rings is 1. The smallest absolute Gasteiger partial charge is 0.307 e. The SMILES string of the molecule is CN=C(I=N)c1ccc(S(=O)(=O)NCCC(=O)OC(C)(C)C)cc1. The highest BCUT2D eigenvalue weighted by atomic mass is 127. The molecule has 0 heterocycles. The summed E-state index contributed by atoms with van der Waals surface area (Å²) in [7, 11) is -2.07. The summed E-state index contributed by atoms with van der Waals surface area (Å²) in [6, 6.07) is 6.21.